The van der Waals surface area contributed by atoms with Crippen LogP contribution >= 0.6 is 22.6 Å². The van der Waals surface area contributed by atoms with E-state index in [2.05, 4.69) is 29.5 Å². The van der Waals surface area contributed by atoms with Gasteiger partial charge in [0.15, 0.2) is 0 Å². The summed E-state index contributed by atoms with van der Waals surface area (Å²) in [4.78, 5) is 0. The molecule has 1 unspecified atom stereocenters. The summed E-state index contributed by atoms with van der Waals surface area (Å²) in [5, 5.41) is 0. The van der Waals surface area contributed by atoms with Crippen molar-refractivity contribution in [2.75, 3.05) is 4.43 Å². The minimum Gasteiger partial charge on any atom is -0.371 e. The van der Waals surface area contributed by atoms with Gasteiger partial charge >= 0.3 is 0 Å². The van der Waals surface area contributed by atoms with Gasteiger partial charge in [-0.05, 0) is 38.5 Å². The number of hydrogen-bond donors (Lipinski definition) is 0. The fraction of sp³-hybridized carbons (Fsp3) is 1.00. The molecular formula is C12H21IO. The Hall–Kier alpha value is 0.690. The lowest BCUT2D eigenvalue weighted by Crippen LogP contribution is -2.40. The molecule has 0 bridgehead atoms. The summed E-state index contributed by atoms with van der Waals surface area (Å²) in [6, 6.07) is 0. The van der Waals surface area contributed by atoms with Gasteiger partial charge in [0.1, 0.15) is 0 Å². The fourth-order valence-electron chi connectivity index (χ4n) is 2.54. The van der Waals surface area contributed by atoms with Gasteiger partial charge in [-0.3, -0.25) is 0 Å². The summed E-state index contributed by atoms with van der Waals surface area (Å²) in [6.45, 7) is 2.28. The van der Waals surface area contributed by atoms with Gasteiger partial charge < -0.3 is 4.74 Å². The Balaban J connectivity index is 1.89. The molecule has 0 amide bonds. The lowest BCUT2D eigenvalue weighted by Gasteiger charge is -2.38. The molecule has 0 heterocycles. The SMILES string of the molecule is CC(OC1(CI)CCCCC1)C1CC1. The highest BCUT2D eigenvalue weighted by Gasteiger charge is 2.38. The lowest BCUT2D eigenvalue weighted by atomic mass is 9.86. The Kier molecular flexibility index (Phi) is 3.74. The van der Waals surface area contributed by atoms with Crippen LogP contribution in [0.4, 0.5) is 0 Å². The maximum absolute atomic E-state index is 6.34. The van der Waals surface area contributed by atoms with Crippen molar-refractivity contribution in [3.63, 3.8) is 0 Å². The van der Waals surface area contributed by atoms with Gasteiger partial charge in [-0.2, -0.15) is 0 Å². The number of rotatable bonds is 4. The maximum Gasteiger partial charge on any atom is 0.0775 e. The Morgan fingerprint density at radius 3 is 2.43 bits per heavy atom. The van der Waals surface area contributed by atoms with Crippen molar-refractivity contribution in [2.24, 2.45) is 5.92 Å². The molecule has 2 saturated carbocycles. The topological polar surface area (TPSA) is 9.23 Å². The van der Waals surface area contributed by atoms with Crippen LogP contribution in [0.1, 0.15) is 51.9 Å². The molecule has 0 saturated heterocycles. The van der Waals surface area contributed by atoms with Crippen LogP contribution in [0.5, 0.6) is 0 Å². The second-order valence-corrected chi connectivity index (χ2v) is 5.80. The number of alkyl halides is 1. The highest BCUT2D eigenvalue weighted by molar-refractivity contribution is 14.1. The lowest BCUT2D eigenvalue weighted by molar-refractivity contribution is -0.0973. The third-order valence-electron chi connectivity index (χ3n) is 3.73. The van der Waals surface area contributed by atoms with Crippen LogP contribution in [0.3, 0.4) is 0 Å². The molecule has 0 spiro atoms. The first-order valence-corrected chi connectivity index (χ1v) is 7.52. The van der Waals surface area contributed by atoms with Gasteiger partial charge in [0.25, 0.3) is 0 Å². The van der Waals surface area contributed by atoms with Crippen molar-refractivity contribution in [3.8, 4) is 0 Å². The molecule has 0 radical (unpaired) electrons. The van der Waals surface area contributed by atoms with E-state index in [1.54, 1.807) is 0 Å². The average molecular weight is 308 g/mol. The zero-order valence-electron chi connectivity index (χ0n) is 9.10. The molecule has 1 atom stereocenters. The molecule has 2 aliphatic rings. The Bertz CT molecular complexity index is 183. The van der Waals surface area contributed by atoms with Gasteiger partial charge in [-0.1, -0.05) is 41.9 Å². The van der Waals surface area contributed by atoms with E-state index in [1.165, 1.54) is 49.4 Å². The number of halogens is 1. The monoisotopic (exact) mass is 308 g/mol. The van der Waals surface area contributed by atoms with Crippen molar-refractivity contribution < 1.29 is 4.74 Å². The molecule has 0 aliphatic heterocycles. The smallest absolute Gasteiger partial charge is 0.0775 e. The maximum atomic E-state index is 6.34. The predicted octanol–water partition coefficient (Wildman–Crippen LogP) is 3.94. The van der Waals surface area contributed by atoms with Gasteiger partial charge in [0.05, 0.1) is 11.7 Å². The Morgan fingerprint density at radius 1 is 1.29 bits per heavy atom. The van der Waals surface area contributed by atoms with Gasteiger partial charge in [0, 0.05) is 4.43 Å². The molecule has 0 aromatic rings. The van der Waals surface area contributed by atoms with Crippen LogP contribution in [-0.2, 0) is 4.74 Å². The van der Waals surface area contributed by atoms with Crippen molar-refractivity contribution in [2.45, 2.75) is 63.6 Å². The first-order chi connectivity index (χ1) is 6.76. The van der Waals surface area contributed by atoms with Gasteiger partial charge in [-0.25, -0.2) is 0 Å². The molecule has 2 aliphatic carbocycles. The zero-order valence-corrected chi connectivity index (χ0v) is 11.3. The molecule has 2 heteroatoms. The summed E-state index contributed by atoms with van der Waals surface area (Å²) in [5.41, 5.74) is 0.251. The van der Waals surface area contributed by atoms with Crippen molar-refractivity contribution in [3.05, 3.63) is 0 Å². The van der Waals surface area contributed by atoms with Gasteiger partial charge in [0.2, 0.25) is 0 Å². The van der Waals surface area contributed by atoms with Crippen LogP contribution in [0.2, 0.25) is 0 Å². The standard InChI is InChI=1S/C12H21IO/c1-10(11-5-6-11)14-12(9-13)7-3-2-4-8-12/h10-11H,2-9H2,1H3. The van der Waals surface area contributed by atoms with Crippen molar-refractivity contribution in [1.29, 1.82) is 0 Å². The molecule has 2 rings (SSSR count). The predicted molar refractivity (Wildman–Crippen MR) is 68.0 cm³/mol. The van der Waals surface area contributed by atoms with E-state index in [0.717, 1.165) is 5.92 Å². The highest BCUT2D eigenvalue weighted by atomic mass is 127. The molecule has 82 valence electrons. The van der Waals surface area contributed by atoms with Crippen LogP contribution < -0.4 is 0 Å². The van der Waals surface area contributed by atoms with E-state index in [0.29, 0.717) is 6.10 Å². The third kappa shape index (κ3) is 2.63. The Labute approximate surface area is 101 Å². The molecule has 1 nitrogen and oxygen atoms in total. The molecule has 2 fully saturated rings. The quantitative estimate of drug-likeness (QED) is 0.564. The van der Waals surface area contributed by atoms with E-state index < -0.39 is 0 Å². The summed E-state index contributed by atoms with van der Waals surface area (Å²) in [5.74, 6) is 0.886. The zero-order chi connectivity index (χ0) is 10.0. The first-order valence-electron chi connectivity index (χ1n) is 5.99. The van der Waals surface area contributed by atoms with E-state index in [9.17, 15) is 0 Å². The summed E-state index contributed by atoms with van der Waals surface area (Å²) in [6.07, 6.45) is 10.1. The van der Waals surface area contributed by atoms with Crippen molar-refractivity contribution >= 4 is 22.6 Å². The highest BCUT2D eigenvalue weighted by Crippen LogP contribution is 2.40. The second kappa shape index (κ2) is 4.69. The summed E-state index contributed by atoms with van der Waals surface area (Å²) in [7, 11) is 0. The van der Waals surface area contributed by atoms with Crippen molar-refractivity contribution in [1.82, 2.24) is 0 Å². The molecule has 0 aromatic carbocycles. The molecule has 0 aromatic heterocycles. The number of hydrogen-bond acceptors (Lipinski definition) is 1. The minimum atomic E-state index is 0.251. The molecule has 14 heavy (non-hydrogen) atoms. The van der Waals surface area contributed by atoms with E-state index in [1.807, 2.05) is 0 Å². The van der Waals surface area contributed by atoms with Crippen LogP contribution in [0, 0.1) is 5.92 Å². The third-order valence-corrected chi connectivity index (χ3v) is 5.12. The van der Waals surface area contributed by atoms with Crippen LogP contribution in [-0.4, -0.2) is 16.1 Å². The van der Waals surface area contributed by atoms with E-state index in [-0.39, 0.29) is 5.60 Å². The van der Waals surface area contributed by atoms with Gasteiger partial charge in [-0.15, -0.1) is 0 Å². The molecule has 0 N–H and O–H groups in total. The van der Waals surface area contributed by atoms with E-state index in [4.69, 9.17) is 4.74 Å². The largest absolute Gasteiger partial charge is 0.371 e. The second-order valence-electron chi connectivity index (χ2n) is 5.04. The van der Waals surface area contributed by atoms with Crippen LogP contribution in [0.15, 0.2) is 0 Å². The van der Waals surface area contributed by atoms with E-state index >= 15 is 0 Å². The van der Waals surface area contributed by atoms with Crippen LogP contribution in [0.25, 0.3) is 0 Å². The Morgan fingerprint density at radius 2 is 1.93 bits per heavy atom. The average Bonchev–Trinajstić information content (AvgIpc) is 3.02. The summed E-state index contributed by atoms with van der Waals surface area (Å²) >= 11 is 2.51. The summed E-state index contributed by atoms with van der Waals surface area (Å²) < 4.78 is 7.53. The number of ether oxygens (including phenoxy) is 1. The first kappa shape index (κ1) is 11.2. The minimum absolute atomic E-state index is 0.251. The fourth-order valence-corrected chi connectivity index (χ4v) is 3.48. The normalized spacial score (nSPS) is 28.7. The molecular weight excluding hydrogens is 287 g/mol.